The number of ether oxygens (including phenoxy) is 1. The summed E-state index contributed by atoms with van der Waals surface area (Å²) in [5.41, 5.74) is 1.16. The van der Waals surface area contributed by atoms with E-state index >= 15 is 0 Å². The fourth-order valence-electron chi connectivity index (χ4n) is 2.72. The molecule has 1 aromatic carbocycles. The summed E-state index contributed by atoms with van der Waals surface area (Å²) in [6.07, 6.45) is 2.61. The minimum Gasteiger partial charge on any atom is -0.491 e. The van der Waals surface area contributed by atoms with Gasteiger partial charge in [-0.15, -0.1) is 0 Å². The van der Waals surface area contributed by atoms with E-state index in [1.807, 2.05) is 38.1 Å². The molecule has 1 fully saturated rings. The van der Waals surface area contributed by atoms with Gasteiger partial charge in [0.1, 0.15) is 12.4 Å². The lowest BCUT2D eigenvalue weighted by atomic mass is 9.98. The van der Waals surface area contributed by atoms with Crippen molar-refractivity contribution in [2.75, 3.05) is 26.0 Å². The number of hydrogen-bond donors (Lipinski definition) is 1. The van der Waals surface area contributed by atoms with Gasteiger partial charge in [0.15, 0.2) is 0 Å². The molecule has 1 amide bonds. The first-order chi connectivity index (χ1) is 11.3. The van der Waals surface area contributed by atoms with Crippen LogP contribution in [0, 0.1) is 12.8 Å². The van der Waals surface area contributed by atoms with Crippen LogP contribution in [0.2, 0.25) is 0 Å². The Labute approximate surface area is 144 Å². The van der Waals surface area contributed by atoms with Crippen molar-refractivity contribution in [3.05, 3.63) is 29.8 Å². The van der Waals surface area contributed by atoms with Crippen LogP contribution in [0.15, 0.2) is 24.3 Å². The van der Waals surface area contributed by atoms with Crippen molar-refractivity contribution in [2.24, 2.45) is 5.92 Å². The SMILES string of the molecule is Cc1ccc(OCC(C)NC(=O)C2CCCN(S(C)(=O)=O)C2)cc1. The summed E-state index contributed by atoms with van der Waals surface area (Å²) < 4.78 is 30.3. The van der Waals surface area contributed by atoms with Crippen molar-refractivity contribution >= 4 is 15.9 Å². The Hall–Kier alpha value is -1.60. The van der Waals surface area contributed by atoms with Gasteiger partial charge in [-0.1, -0.05) is 17.7 Å². The minimum absolute atomic E-state index is 0.108. The number of carbonyl (C=O) groups is 1. The lowest BCUT2D eigenvalue weighted by Crippen LogP contribution is -2.47. The fourth-order valence-corrected chi connectivity index (χ4v) is 3.63. The topological polar surface area (TPSA) is 75.7 Å². The molecule has 6 nitrogen and oxygen atoms in total. The molecule has 1 aliphatic rings. The summed E-state index contributed by atoms with van der Waals surface area (Å²) in [5.74, 6) is 0.362. The van der Waals surface area contributed by atoms with E-state index in [-0.39, 0.29) is 24.4 Å². The molecule has 134 valence electrons. The maximum Gasteiger partial charge on any atom is 0.224 e. The predicted molar refractivity (Wildman–Crippen MR) is 93.4 cm³/mol. The van der Waals surface area contributed by atoms with Gasteiger partial charge in [0.05, 0.1) is 18.2 Å². The van der Waals surface area contributed by atoms with Gasteiger partial charge in [0.2, 0.25) is 15.9 Å². The first-order valence-corrected chi connectivity index (χ1v) is 10.1. The molecule has 1 heterocycles. The molecule has 2 atom stereocenters. The van der Waals surface area contributed by atoms with Gasteiger partial charge in [-0.25, -0.2) is 12.7 Å². The lowest BCUT2D eigenvalue weighted by Gasteiger charge is -2.30. The Kier molecular flexibility index (Phi) is 6.23. The normalized spacial score (nSPS) is 20.4. The summed E-state index contributed by atoms with van der Waals surface area (Å²) in [6, 6.07) is 7.59. The van der Waals surface area contributed by atoms with E-state index in [4.69, 9.17) is 4.74 Å². The molecule has 2 unspecified atom stereocenters. The van der Waals surface area contributed by atoms with Crippen LogP contribution in [0.1, 0.15) is 25.3 Å². The highest BCUT2D eigenvalue weighted by Gasteiger charge is 2.30. The smallest absolute Gasteiger partial charge is 0.224 e. The zero-order valence-corrected chi connectivity index (χ0v) is 15.3. The highest BCUT2D eigenvalue weighted by Crippen LogP contribution is 2.19. The molecule has 0 bridgehead atoms. The summed E-state index contributed by atoms with van der Waals surface area (Å²) in [7, 11) is -3.24. The Bertz CT molecular complexity index is 658. The Morgan fingerprint density at radius 2 is 2.04 bits per heavy atom. The molecular weight excluding hydrogens is 328 g/mol. The second kappa shape index (κ2) is 7.98. The Morgan fingerprint density at radius 3 is 2.67 bits per heavy atom. The third-order valence-electron chi connectivity index (χ3n) is 4.13. The van der Waals surface area contributed by atoms with Gasteiger partial charge in [-0.05, 0) is 38.8 Å². The van der Waals surface area contributed by atoms with Crippen LogP contribution in [0.25, 0.3) is 0 Å². The quantitative estimate of drug-likeness (QED) is 0.841. The first-order valence-electron chi connectivity index (χ1n) is 8.20. The highest BCUT2D eigenvalue weighted by molar-refractivity contribution is 7.88. The number of carbonyl (C=O) groups excluding carboxylic acids is 1. The standard InChI is InChI=1S/C17H26N2O4S/c1-13-6-8-16(9-7-13)23-12-14(2)18-17(20)15-5-4-10-19(11-15)24(3,21)22/h6-9,14-15H,4-5,10-12H2,1-3H3,(H,18,20). The molecule has 1 N–H and O–H groups in total. The summed E-state index contributed by atoms with van der Waals surface area (Å²) >= 11 is 0. The van der Waals surface area contributed by atoms with Gasteiger partial charge in [-0.3, -0.25) is 4.79 Å². The van der Waals surface area contributed by atoms with Crippen molar-refractivity contribution in [3.63, 3.8) is 0 Å². The van der Waals surface area contributed by atoms with E-state index in [1.165, 1.54) is 10.6 Å². The summed E-state index contributed by atoms with van der Waals surface area (Å²) in [5, 5.41) is 2.92. The monoisotopic (exact) mass is 354 g/mol. The molecule has 0 spiro atoms. The van der Waals surface area contributed by atoms with E-state index in [0.29, 0.717) is 26.0 Å². The molecule has 0 aliphatic carbocycles. The Balaban J connectivity index is 1.81. The molecule has 24 heavy (non-hydrogen) atoms. The molecule has 7 heteroatoms. The lowest BCUT2D eigenvalue weighted by molar-refractivity contribution is -0.126. The van der Waals surface area contributed by atoms with Crippen molar-refractivity contribution < 1.29 is 17.9 Å². The molecule has 0 saturated carbocycles. The summed E-state index contributed by atoms with van der Waals surface area (Å²) in [4.78, 5) is 12.3. The van der Waals surface area contributed by atoms with E-state index in [9.17, 15) is 13.2 Å². The number of amides is 1. The second-order valence-corrected chi connectivity index (χ2v) is 8.48. The van der Waals surface area contributed by atoms with Crippen LogP contribution in [0.5, 0.6) is 5.75 Å². The fraction of sp³-hybridized carbons (Fsp3) is 0.588. The maximum atomic E-state index is 12.3. The molecule has 0 aromatic heterocycles. The molecular formula is C17H26N2O4S. The second-order valence-electron chi connectivity index (χ2n) is 6.49. The first kappa shape index (κ1) is 18.7. The van der Waals surface area contributed by atoms with Crippen LogP contribution in [0.4, 0.5) is 0 Å². The van der Waals surface area contributed by atoms with E-state index in [0.717, 1.165) is 11.3 Å². The van der Waals surface area contributed by atoms with Crippen molar-refractivity contribution in [2.45, 2.75) is 32.7 Å². The number of nitrogens with zero attached hydrogens (tertiary/aromatic N) is 1. The zero-order valence-electron chi connectivity index (χ0n) is 14.5. The van der Waals surface area contributed by atoms with E-state index in [1.54, 1.807) is 0 Å². The average Bonchev–Trinajstić information content (AvgIpc) is 2.53. The predicted octanol–water partition coefficient (Wildman–Crippen LogP) is 1.55. The third-order valence-corrected chi connectivity index (χ3v) is 5.40. The number of nitrogens with one attached hydrogen (secondary N) is 1. The molecule has 1 aliphatic heterocycles. The Morgan fingerprint density at radius 1 is 1.38 bits per heavy atom. The van der Waals surface area contributed by atoms with Crippen LogP contribution in [0.3, 0.4) is 0 Å². The van der Waals surface area contributed by atoms with Gasteiger partial charge in [0.25, 0.3) is 0 Å². The van der Waals surface area contributed by atoms with Gasteiger partial charge in [-0.2, -0.15) is 0 Å². The van der Waals surface area contributed by atoms with Gasteiger partial charge in [0, 0.05) is 13.1 Å². The van der Waals surface area contributed by atoms with Crippen LogP contribution in [-0.4, -0.2) is 50.6 Å². The number of piperidine rings is 1. The third kappa shape index (κ3) is 5.49. The van der Waals surface area contributed by atoms with Crippen LogP contribution < -0.4 is 10.1 Å². The molecule has 0 radical (unpaired) electrons. The highest BCUT2D eigenvalue weighted by atomic mass is 32.2. The van der Waals surface area contributed by atoms with Gasteiger partial charge < -0.3 is 10.1 Å². The van der Waals surface area contributed by atoms with Gasteiger partial charge >= 0.3 is 0 Å². The maximum absolute atomic E-state index is 12.3. The molecule has 1 aromatic rings. The zero-order chi connectivity index (χ0) is 17.7. The number of sulfonamides is 1. The van der Waals surface area contributed by atoms with E-state index in [2.05, 4.69) is 5.32 Å². The van der Waals surface area contributed by atoms with Crippen molar-refractivity contribution in [1.29, 1.82) is 0 Å². The molecule has 2 rings (SSSR count). The minimum atomic E-state index is -3.24. The van der Waals surface area contributed by atoms with Crippen LogP contribution in [-0.2, 0) is 14.8 Å². The number of aryl methyl sites for hydroxylation is 1. The van der Waals surface area contributed by atoms with Crippen LogP contribution >= 0.6 is 0 Å². The number of rotatable bonds is 6. The van der Waals surface area contributed by atoms with E-state index < -0.39 is 10.0 Å². The largest absolute Gasteiger partial charge is 0.491 e. The number of hydrogen-bond acceptors (Lipinski definition) is 4. The molecule has 1 saturated heterocycles. The van der Waals surface area contributed by atoms with Crippen molar-refractivity contribution in [1.82, 2.24) is 9.62 Å². The summed E-state index contributed by atoms with van der Waals surface area (Å²) in [6.45, 7) is 5.02. The average molecular weight is 354 g/mol. The number of benzene rings is 1. The van der Waals surface area contributed by atoms with Crippen molar-refractivity contribution in [3.8, 4) is 5.75 Å².